The molecule has 24 heteroatoms. The van der Waals surface area contributed by atoms with Crippen LogP contribution in [0, 0.1) is 12.7 Å². The molecule has 1 fully saturated rings. The van der Waals surface area contributed by atoms with Crippen LogP contribution in [0.2, 0.25) is 5.02 Å². The molecule has 15 nitrogen and oxygen atoms in total. The van der Waals surface area contributed by atoms with Gasteiger partial charge in [-0.05, 0) is 123 Å². The number of alkyl halides is 3. The minimum atomic E-state index is -6.17. The molecule has 6 aromatic rings. The fourth-order valence-electron chi connectivity index (χ4n) is 8.45. The SMILES string of the molecule is Cc1c(C(=O)O)c(-c2cc(F)cc(N3CCN(c4ccc(NS(=O)(=O)c5ccc(N[C@H](CCOP(=O)(O)O)CSc6ccccc6)c(S(=O)(=O)C(F)(F)F)c5)cc4)CC3)c2)c(-c2ccc(Cl)cc2)n1C(C)C. The lowest BCUT2D eigenvalue weighted by atomic mass is 9.96. The number of sulfonamides is 1. The minimum absolute atomic E-state index is 0.00963. The zero-order valence-electron chi connectivity index (χ0n) is 38.7. The molecule has 5 N–H and O–H groups in total. The highest BCUT2D eigenvalue weighted by molar-refractivity contribution is 7.99. The van der Waals surface area contributed by atoms with E-state index in [-0.39, 0.29) is 29.5 Å². The molecule has 1 saturated heterocycles. The summed E-state index contributed by atoms with van der Waals surface area (Å²) in [4.78, 5) is 33.7. The van der Waals surface area contributed by atoms with Gasteiger partial charge in [-0.15, -0.1) is 11.8 Å². The first kappa shape index (κ1) is 54.2. The Morgan fingerprint density at radius 3 is 2.06 bits per heavy atom. The molecule has 0 saturated carbocycles. The van der Waals surface area contributed by atoms with E-state index in [1.807, 2.05) is 28.2 Å². The van der Waals surface area contributed by atoms with Crippen molar-refractivity contribution in [2.24, 2.45) is 0 Å². The molecule has 0 amide bonds. The highest BCUT2D eigenvalue weighted by Crippen LogP contribution is 2.44. The number of nitrogens with one attached hydrogen (secondary N) is 2. The number of benzene rings is 5. The number of phosphoric ester groups is 1. The van der Waals surface area contributed by atoms with Crippen molar-refractivity contribution in [2.75, 3.05) is 58.4 Å². The Kier molecular flexibility index (Phi) is 16.5. The number of aromatic carboxylic acids is 1. The number of piperazine rings is 1. The molecular weight excluding hydrogens is 1050 g/mol. The van der Waals surface area contributed by atoms with Crippen molar-refractivity contribution in [3.63, 3.8) is 0 Å². The molecule has 0 unspecified atom stereocenters. The fourth-order valence-corrected chi connectivity index (χ4v) is 12.0. The predicted octanol–water partition coefficient (Wildman–Crippen LogP) is 10.7. The van der Waals surface area contributed by atoms with Crippen molar-refractivity contribution >= 4 is 79.8 Å². The molecule has 1 aliphatic rings. The second-order valence-corrected chi connectivity index (χ2v) is 23.3. The molecule has 1 aromatic heterocycles. The average molecular weight is 1090 g/mol. The number of carboxylic acids is 1. The van der Waals surface area contributed by atoms with Crippen LogP contribution >= 0.6 is 31.2 Å². The van der Waals surface area contributed by atoms with Crippen LogP contribution < -0.4 is 19.8 Å². The number of halogens is 5. The number of carboxylic acid groups (broad SMARTS) is 1. The Bertz CT molecular complexity index is 3210. The Morgan fingerprint density at radius 2 is 1.47 bits per heavy atom. The van der Waals surface area contributed by atoms with Gasteiger partial charge in [0.1, 0.15) is 10.7 Å². The van der Waals surface area contributed by atoms with E-state index < -0.39 is 73.1 Å². The summed E-state index contributed by atoms with van der Waals surface area (Å²) in [7, 11) is -15.8. The molecule has 7 rings (SSSR count). The van der Waals surface area contributed by atoms with Crippen molar-refractivity contribution in [1.29, 1.82) is 0 Å². The van der Waals surface area contributed by atoms with E-state index in [9.17, 15) is 54.3 Å². The molecule has 72 heavy (non-hydrogen) atoms. The lowest BCUT2D eigenvalue weighted by Gasteiger charge is -2.37. The molecular formula is C48H49ClF4N5O10PS3. The number of hydrogen-bond donors (Lipinski definition) is 5. The number of aromatic nitrogens is 1. The van der Waals surface area contributed by atoms with Crippen molar-refractivity contribution in [1.82, 2.24) is 4.57 Å². The predicted molar refractivity (Wildman–Crippen MR) is 271 cm³/mol. The van der Waals surface area contributed by atoms with Crippen LogP contribution in [0.5, 0.6) is 0 Å². The Balaban J connectivity index is 1.08. The first-order chi connectivity index (χ1) is 33.8. The van der Waals surface area contributed by atoms with Crippen molar-refractivity contribution < 1.29 is 63.2 Å². The van der Waals surface area contributed by atoms with Gasteiger partial charge in [0.2, 0.25) is 0 Å². The van der Waals surface area contributed by atoms with E-state index >= 15 is 4.39 Å². The summed E-state index contributed by atoms with van der Waals surface area (Å²) < 4.78 is 131. The summed E-state index contributed by atoms with van der Waals surface area (Å²) in [5.74, 6) is -1.65. The van der Waals surface area contributed by atoms with Gasteiger partial charge in [0.25, 0.3) is 19.9 Å². The van der Waals surface area contributed by atoms with Gasteiger partial charge in [0.15, 0.2) is 0 Å². The molecule has 384 valence electrons. The van der Waals surface area contributed by atoms with Crippen molar-refractivity contribution in [2.45, 2.75) is 59.5 Å². The molecule has 2 heterocycles. The van der Waals surface area contributed by atoms with Crippen molar-refractivity contribution in [3.05, 3.63) is 137 Å². The van der Waals surface area contributed by atoms with E-state index in [0.29, 0.717) is 76.7 Å². The number of nitrogens with zero attached hydrogens (tertiary/aromatic N) is 3. The van der Waals surface area contributed by atoms with Crippen LogP contribution in [0.25, 0.3) is 22.4 Å². The Hall–Kier alpha value is -5.58. The van der Waals surface area contributed by atoms with E-state index in [2.05, 4.69) is 14.6 Å². The number of anilines is 4. The summed E-state index contributed by atoms with van der Waals surface area (Å²) in [5, 5.41) is 13.7. The summed E-state index contributed by atoms with van der Waals surface area (Å²) in [6, 6.07) is 27.4. The Morgan fingerprint density at radius 1 is 0.847 bits per heavy atom. The van der Waals surface area contributed by atoms with E-state index in [0.717, 1.165) is 17.0 Å². The largest absolute Gasteiger partial charge is 0.501 e. The maximum absolute atomic E-state index is 15.6. The fraction of sp³-hybridized carbons (Fsp3) is 0.271. The van der Waals surface area contributed by atoms with E-state index in [1.165, 1.54) is 36.0 Å². The zero-order chi connectivity index (χ0) is 52.3. The quantitative estimate of drug-likeness (QED) is 0.0291. The van der Waals surface area contributed by atoms with Gasteiger partial charge in [-0.3, -0.25) is 9.25 Å². The normalized spacial score (nSPS) is 14.2. The first-order valence-corrected chi connectivity index (χ1v) is 28.0. The number of sulfone groups is 1. The van der Waals surface area contributed by atoms with Crippen LogP contribution in [-0.2, 0) is 28.9 Å². The van der Waals surface area contributed by atoms with Gasteiger partial charge in [-0.25, -0.2) is 30.6 Å². The van der Waals surface area contributed by atoms with Gasteiger partial charge in [0.05, 0.1) is 28.4 Å². The third-order valence-electron chi connectivity index (χ3n) is 11.7. The van der Waals surface area contributed by atoms with Crippen LogP contribution in [-0.4, -0.2) is 92.4 Å². The standard InChI is InChI=1S/C48H49ClF4N5O10PS3/c1-30(2)58-31(3)44(47(59)60)45(46(58)32-9-11-34(49)12-10-32)33-25-35(50)27-39(26-33)57-22-20-56(21-23-57)38-15-13-36(14-16-38)55-72(66,67)41-17-18-42(43(28-41)71(64,65)48(51,52)53)54-37(19-24-68-69(61,62)63)29-70-40-7-5-4-6-8-40/h4-18,25-28,30,37,54-55H,19-24,29H2,1-3H3,(H,59,60)(H2,61,62,63)/t37-/m1/s1. The van der Waals surface area contributed by atoms with Gasteiger partial charge in [0, 0.05) is 82.3 Å². The second-order valence-electron chi connectivity index (χ2n) is 17.0. The molecule has 0 spiro atoms. The third kappa shape index (κ3) is 12.6. The van der Waals surface area contributed by atoms with Crippen LogP contribution in [0.3, 0.4) is 0 Å². The van der Waals surface area contributed by atoms with Gasteiger partial charge in [-0.2, -0.15) is 13.2 Å². The molecule has 0 bridgehead atoms. The highest BCUT2D eigenvalue weighted by Gasteiger charge is 2.48. The van der Waals surface area contributed by atoms with Gasteiger partial charge in [-0.1, -0.05) is 41.9 Å². The molecule has 5 aromatic carbocycles. The second kappa shape index (κ2) is 21.9. The average Bonchev–Trinajstić information content (AvgIpc) is 3.63. The summed E-state index contributed by atoms with van der Waals surface area (Å²) in [6.45, 7) is 6.76. The summed E-state index contributed by atoms with van der Waals surface area (Å²) in [5.41, 5.74) is -2.58. The smallest absolute Gasteiger partial charge is 0.478 e. The van der Waals surface area contributed by atoms with Gasteiger partial charge < -0.3 is 34.6 Å². The topological polar surface area (TPSA) is 208 Å². The number of thioether (sulfide) groups is 1. The van der Waals surface area contributed by atoms with E-state index in [4.69, 9.17) is 11.6 Å². The monoisotopic (exact) mass is 1090 g/mol. The molecule has 1 aliphatic heterocycles. The number of rotatable bonds is 19. The number of carbonyl (C=O) groups is 1. The molecule has 0 radical (unpaired) electrons. The van der Waals surface area contributed by atoms with Crippen molar-refractivity contribution in [3.8, 4) is 22.4 Å². The van der Waals surface area contributed by atoms with Crippen LogP contribution in [0.1, 0.15) is 42.4 Å². The van der Waals surface area contributed by atoms with E-state index in [1.54, 1.807) is 79.7 Å². The highest BCUT2D eigenvalue weighted by atomic mass is 35.5. The minimum Gasteiger partial charge on any atom is -0.478 e. The molecule has 0 aliphatic carbocycles. The third-order valence-corrected chi connectivity index (χ3v) is 16.6. The van der Waals surface area contributed by atoms with Crippen LogP contribution in [0.15, 0.2) is 130 Å². The maximum Gasteiger partial charge on any atom is 0.501 e. The number of phosphoric acid groups is 1. The lowest BCUT2D eigenvalue weighted by molar-refractivity contribution is -0.0436. The number of hydrogen-bond acceptors (Lipinski definition) is 11. The Labute approximate surface area is 423 Å². The maximum atomic E-state index is 15.6. The summed E-state index contributed by atoms with van der Waals surface area (Å²) in [6.07, 6.45) is -0.199. The molecule has 1 atom stereocenters. The first-order valence-electron chi connectivity index (χ1n) is 22.1. The lowest BCUT2D eigenvalue weighted by Crippen LogP contribution is -2.46. The summed E-state index contributed by atoms with van der Waals surface area (Å²) >= 11 is 7.42. The van der Waals surface area contributed by atoms with Gasteiger partial charge >= 0.3 is 19.3 Å². The zero-order valence-corrected chi connectivity index (χ0v) is 42.8. The van der Waals surface area contributed by atoms with Crippen LogP contribution in [0.4, 0.5) is 40.3 Å².